The van der Waals surface area contributed by atoms with Crippen LogP contribution in [0.25, 0.3) is 6.08 Å². The van der Waals surface area contributed by atoms with E-state index in [4.69, 9.17) is 4.74 Å². The van der Waals surface area contributed by atoms with E-state index in [1.54, 1.807) is 0 Å². The molecule has 0 aliphatic carbocycles. The number of rotatable bonds is 6. The number of nitrogens with one attached hydrogen (secondary N) is 1. The number of amidine groups is 1. The molecule has 3 aromatic rings. The average molecular weight is 493 g/mol. The maximum absolute atomic E-state index is 12.5. The molecule has 1 heterocycles. The molecule has 4 nitrogen and oxygen atoms in total. The number of hydrogen-bond donors (Lipinski definition) is 1. The summed E-state index contributed by atoms with van der Waals surface area (Å²) < 4.78 is 7.05. The van der Waals surface area contributed by atoms with E-state index in [0.717, 1.165) is 33.5 Å². The Morgan fingerprint density at radius 3 is 2.45 bits per heavy atom. The molecule has 0 spiro atoms. The number of para-hydroxylation sites is 1. The van der Waals surface area contributed by atoms with Gasteiger partial charge in [-0.1, -0.05) is 65.3 Å². The highest BCUT2D eigenvalue weighted by atomic mass is 79.9. The zero-order valence-electron chi connectivity index (χ0n) is 17.0. The van der Waals surface area contributed by atoms with Crippen LogP contribution in [0, 0.1) is 0 Å². The monoisotopic (exact) mass is 492 g/mol. The third-order valence-electron chi connectivity index (χ3n) is 4.74. The van der Waals surface area contributed by atoms with E-state index in [-0.39, 0.29) is 5.91 Å². The molecule has 1 N–H and O–H groups in total. The number of hydrogen-bond acceptors (Lipinski definition) is 4. The summed E-state index contributed by atoms with van der Waals surface area (Å²) in [7, 11) is 0. The van der Waals surface area contributed by atoms with Crippen molar-refractivity contribution in [1.29, 1.82) is 0 Å². The van der Waals surface area contributed by atoms with Gasteiger partial charge in [-0.2, -0.15) is 0 Å². The maximum atomic E-state index is 12.5. The van der Waals surface area contributed by atoms with Crippen LogP contribution in [0.4, 0.5) is 5.69 Å². The number of aliphatic imine (C=N–C) groups is 1. The number of carbonyl (C=O) groups is 1. The fraction of sp³-hybridized carbons (Fsp3) is 0.120. The van der Waals surface area contributed by atoms with Crippen LogP contribution in [0.3, 0.4) is 0 Å². The van der Waals surface area contributed by atoms with Crippen molar-refractivity contribution >= 4 is 50.5 Å². The molecule has 0 aromatic heterocycles. The SMILES string of the molecule is CCc1ccc(N=C2NC(=O)/C(=C/c3ccccc3OCc3ccc(Br)cc3)S2)cc1. The summed E-state index contributed by atoms with van der Waals surface area (Å²) in [6, 6.07) is 23.7. The van der Waals surface area contributed by atoms with Gasteiger partial charge < -0.3 is 10.1 Å². The predicted octanol–water partition coefficient (Wildman–Crippen LogP) is 6.48. The zero-order valence-corrected chi connectivity index (χ0v) is 19.4. The second-order valence-corrected chi connectivity index (χ2v) is 8.90. The fourth-order valence-electron chi connectivity index (χ4n) is 3.02. The van der Waals surface area contributed by atoms with Gasteiger partial charge in [0.25, 0.3) is 5.91 Å². The first-order valence-corrected chi connectivity index (χ1v) is 11.6. The molecule has 1 aliphatic rings. The van der Waals surface area contributed by atoms with E-state index in [0.29, 0.717) is 16.7 Å². The first-order valence-electron chi connectivity index (χ1n) is 9.95. The number of nitrogens with zero attached hydrogens (tertiary/aromatic N) is 1. The van der Waals surface area contributed by atoms with Crippen LogP contribution in [0.1, 0.15) is 23.6 Å². The molecule has 0 atom stereocenters. The van der Waals surface area contributed by atoms with Crippen LogP contribution < -0.4 is 10.1 Å². The number of thioether (sulfide) groups is 1. The number of carbonyl (C=O) groups excluding carboxylic acids is 1. The lowest BCUT2D eigenvalue weighted by atomic mass is 10.2. The highest BCUT2D eigenvalue weighted by molar-refractivity contribution is 9.10. The lowest BCUT2D eigenvalue weighted by Crippen LogP contribution is -2.19. The zero-order chi connectivity index (χ0) is 21.6. The first-order chi connectivity index (χ1) is 15.1. The highest BCUT2D eigenvalue weighted by Gasteiger charge is 2.24. The minimum Gasteiger partial charge on any atom is -0.488 e. The van der Waals surface area contributed by atoms with Crippen LogP contribution in [-0.4, -0.2) is 11.1 Å². The minimum atomic E-state index is -0.156. The molecule has 156 valence electrons. The molecule has 31 heavy (non-hydrogen) atoms. The second kappa shape index (κ2) is 9.98. The van der Waals surface area contributed by atoms with Crippen molar-refractivity contribution in [3.63, 3.8) is 0 Å². The van der Waals surface area contributed by atoms with Crippen molar-refractivity contribution < 1.29 is 9.53 Å². The number of amides is 1. The van der Waals surface area contributed by atoms with Gasteiger partial charge in [-0.3, -0.25) is 4.79 Å². The normalized spacial score (nSPS) is 16.0. The van der Waals surface area contributed by atoms with Gasteiger partial charge in [-0.15, -0.1) is 0 Å². The summed E-state index contributed by atoms with van der Waals surface area (Å²) in [5, 5.41) is 3.42. The topological polar surface area (TPSA) is 50.7 Å². The van der Waals surface area contributed by atoms with E-state index in [2.05, 4.69) is 45.3 Å². The first kappa shape index (κ1) is 21.4. The molecule has 3 aromatic carbocycles. The van der Waals surface area contributed by atoms with Gasteiger partial charge in [0.1, 0.15) is 12.4 Å². The molecule has 4 rings (SSSR count). The summed E-state index contributed by atoms with van der Waals surface area (Å²) in [5.74, 6) is 0.573. The summed E-state index contributed by atoms with van der Waals surface area (Å²) in [4.78, 5) is 17.6. The van der Waals surface area contributed by atoms with Crippen molar-refractivity contribution in [3.05, 3.63) is 98.9 Å². The number of aryl methyl sites for hydroxylation is 1. The third kappa shape index (κ3) is 5.66. The van der Waals surface area contributed by atoms with Gasteiger partial charge in [0.15, 0.2) is 5.17 Å². The Morgan fingerprint density at radius 2 is 1.71 bits per heavy atom. The number of halogens is 1. The Kier molecular flexibility index (Phi) is 6.89. The molecule has 1 amide bonds. The van der Waals surface area contributed by atoms with Gasteiger partial charge in [-0.05, 0) is 65.7 Å². The predicted molar refractivity (Wildman–Crippen MR) is 132 cm³/mol. The van der Waals surface area contributed by atoms with Crippen LogP contribution in [0.5, 0.6) is 5.75 Å². The maximum Gasteiger partial charge on any atom is 0.264 e. The fourth-order valence-corrected chi connectivity index (χ4v) is 4.12. The van der Waals surface area contributed by atoms with Crippen LogP contribution in [-0.2, 0) is 17.8 Å². The lowest BCUT2D eigenvalue weighted by Gasteiger charge is -2.09. The molecule has 0 radical (unpaired) electrons. The van der Waals surface area contributed by atoms with E-state index >= 15 is 0 Å². The van der Waals surface area contributed by atoms with E-state index in [1.165, 1.54) is 17.3 Å². The second-order valence-electron chi connectivity index (χ2n) is 6.95. The quantitative estimate of drug-likeness (QED) is 0.400. The minimum absolute atomic E-state index is 0.156. The Bertz CT molecular complexity index is 1140. The van der Waals surface area contributed by atoms with Crippen LogP contribution in [0.2, 0.25) is 0 Å². The molecule has 1 aliphatic heterocycles. The Morgan fingerprint density at radius 1 is 1.00 bits per heavy atom. The molecule has 0 unspecified atom stereocenters. The molecule has 1 fully saturated rings. The molecule has 1 saturated heterocycles. The van der Waals surface area contributed by atoms with E-state index < -0.39 is 0 Å². The van der Waals surface area contributed by atoms with E-state index in [9.17, 15) is 4.79 Å². The third-order valence-corrected chi connectivity index (χ3v) is 6.18. The van der Waals surface area contributed by atoms with Crippen molar-refractivity contribution in [1.82, 2.24) is 5.32 Å². The van der Waals surface area contributed by atoms with Gasteiger partial charge in [-0.25, -0.2) is 4.99 Å². The van der Waals surface area contributed by atoms with Crippen molar-refractivity contribution in [3.8, 4) is 5.75 Å². The lowest BCUT2D eigenvalue weighted by molar-refractivity contribution is -0.115. The largest absolute Gasteiger partial charge is 0.488 e. The van der Waals surface area contributed by atoms with Crippen LogP contribution in [0.15, 0.2) is 87.2 Å². The highest BCUT2D eigenvalue weighted by Crippen LogP contribution is 2.31. The average Bonchev–Trinajstić information content (AvgIpc) is 3.13. The van der Waals surface area contributed by atoms with Gasteiger partial charge in [0.2, 0.25) is 0 Å². The van der Waals surface area contributed by atoms with Gasteiger partial charge >= 0.3 is 0 Å². The molecular formula is C25H21BrN2O2S. The number of ether oxygens (including phenoxy) is 1. The summed E-state index contributed by atoms with van der Waals surface area (Å²) >= 11 is 4.77. The Labute approximate surface area is 194 Å². The summed E-state index contributed by atoms with van der Waals surface area (Å²) in [5.41, 5.74) is 4.00. The molecule has 0 bridgehead atoms. The van der Waals surface area contributed by atoms with Crippen molar-refractivity contribution in [2.45, 2.75) is 20.0 Å². The Balaban J connectivity index is 1.49. The molecule has 6 heteroatoms. The van der Waals surface area contributed by atoms with Crippen molar-refractivity contribution in [2.75, 3.05) is 0 Å². The standard InChI is InChI=1S/C25H21BrN2O2S/c1-2-17-9-13-21(14-10-17)27-25-28-24(29)23(31-25)15-19-5-3-4-6-22(19)30-16-18-7-11-20(26)12-8-18/h3-15H,2,16H2,1H3,(H,27,28,29)/b23-15-. The Hall–Kier alpha value is -2.83. The van der Waals surface area contributed by atoms with Crippen LogP contribution >= 0.6 is 27.7 Å². The number of benzene rings is 3. The molecular weight excluding hydrogens is 472 g/mol. The van der Waals surface area contributed by atoms with Gasteiger partial charge in [0, 0.05) is 10.0 Å². The summed E-state index contributed by atoms with van der Waals surface area (Å²) in [6.45, 7) is 2.57. The van der Waals surface area contributed by atoms with E-state index in [1.807, 2.05) is 66.7 Å². The van der Waals surface area contributed by atoms with Crippen molar-refractivity contribution in [2.24, 2.45) is 4.99 Å². The molecule has 0 saturated carbocycles. The van der Waals surface area contributed by atoms with Gasteiger partial charge in [0.05, 0.1) is 10.6 Å². The summed E-state index contributed by atoms with van der Waals surface area (Å²) in [6.07, 6.45) is 2.83. The smallest absolute Gasteiger partial charge is 0.264 e.